The molecule has 1 heterocycles. The third-order valence-electron chi connectivity index (χ3n) is 5.83. The lowest BCUT2D eigenvalue weighted by Gasteiger charge is -2.37. The molecule has 0 fully saturated rings. The SMILES string of the molecule is CCO[C@H]1C[C@@H](c2ccccc2)C(/C=C/c2ccccc2)=CN1S(=O)(=O)c1ccc(C)cc1. The normalized spacial score (nSPS) is 19.0. The molecule has 2 atom stereocenters. The Morgan fingerprint density at radius 1 is 0.909 bits per heavy atom. The Morgan fingerprint density at radius 2 is 1.55 bits per heavy atom. The molecule has 1 aliphatic rings. The third kappa shape index (κ3) is 5.27. The monoisotopic (exact) mass is 459 g/mol. The van der Waals surface area contributed by atoms with Gasteiger partial charge in [-0.25, -0.2) is 12.7 Å². The fraction of sp³-hybridized carbons (Fsp3) is 0.214. The van der Waals surface area contributed by atoms with E-state index in [4.69, 9.17) is 4.74 Å². The smallest absolute Gasteiger partial charge is 0.265 e. The number of hydrogen-bond donors (Lipinski definition) is 0. The van der Waals surface area contributed by atoms with Crippen LogP contribution in [0.25, 0.3) is 6.08 Å². The number of sulfonamides is 1. The molecule has 170 valence electrons. The second kappa shape index (κ2) is 10.2. The molecule has 0 unspecified atom stereocenters. The first-order valence-corrected chi connectivity index (χ1v) is 12.6. The van der Waals surface area contributed by atoms with Crippen molar-refractivity contribution in [3.8, 4) is 0 Å². The summed E-state index contributed by atoms with van der Waals surface area (Å²) in [7, 11) is -3.77. The molecule has 3 aromatic carbocycles. The fourth-order valence-corrected chi connectivity index (χ4v) is 5.52. The number of hydrogen-bond acceptors (Lipinski definition) is 3. The lowest BCUT2D eigenvalue weighted by Crippen LogP contribution is -2.42. The molecule has 0 spiro atoms. The maximum atomic E-state index is 13.6. The van der Waals surface area contributed by atoms with E-state index < -0.39 is 16.3 Å². The van der Waals surface area contributed by atoms with Crippen molar-refractivity contribution in [1.82, 2.24) is 4.31 Å². The van der Waals surface area contributed by atoms with Crippen LogP contribution in [0.3, 0.4) is 0 Å². The largest absolute Gasteiger partial charge is 0.358 e. The van der Waals surface area contributed by atoms with Gasteiger partial charge in [0.2, 0.25) is 0 Å². The topological polar surface area (TPSA) is 46.6 Å². The van der Waals surface area contributed by atoms with Crippen LogP contribution in [0.15, 0.2) is 108 Å². The maximum Gasteiger partial charge on any atom is 0.265 e. The molecule has 3 aromatic rings. The van der Waals surface area contributed by atoms with E-state index in [9.17, 15) is 8.42 Å². The molecule has 5 heteroatoms. The number of allylic oxidation sites excluding steroid dienone is 2. The molecule has 0 radical (unpaired) electrons. The quantitative estimate of drug-likeness (QED) is 0.427. The summed E-state index contributed by atoms with van der Waals surface area (Å²) in [6.07, 6.45) is 5.75. The van der Waals surface area contributed by atoms with Crippen molar-refractivity contribution in [2.24, 2.45) is 0 Å². The van der Waals surface area contributed by atoms with E-state index >= 15 is 0 Å². The van der Waals surface area contributed by atoms with Crippen molar-refractivity contribution in [2.75, 3.05) is 6.61 Å². The minimum atomic E-state index is -3.77. The van der Waals surface area contributed by atoms with Crippen LogP contribution >= 0.6 is 0 Å². The van der Waals surface area contributed by atoms with Gasteiger partial charge >= 0.3 is 0 Å². The van der Waals surface area contributed by atoms with E-state index in [2.05, 4.69) is 12.1 Å². The summed E-state index contributed by atoms with van der Waals surface area (Å²) in [5.74, 6) is 0.0205. The Kier molecular flexibility index (Phi) is 7.11. The van der Waals surface area contributed by atoms with Gasteiger partial charge in [-0.05, 0) is 42.7 Å². The Morgan fingerprint density at radius 3 is 2.18 bits per heavy atom. The zero-order chi connectivity index (χ0) is 23.3. The van der Waals surface area contributed by atoms with Crippen LogP contribution in [0.5, 0.6) is 0 Å². The van der Waals surface area contributed by atoms with Crippen LogP contribution in [0.4, 0.5) is 0 Å². The van der Waals surface area contributed by atoms with Gasteiger partial charge in [0.1, 0.15) is 6.23 Å². The van der Waals surface area contributed by atoms with E-state index in [-0.39, 0.29) is 10.8 Å². The molecule has 0 saturated heterocycles. The molecule has 0 amide bonds. The Labute approximate surface area is 196 Å². The maximum absolute atomic E-state index is 13.6. The molecular formula is C28H29NO3S. The highest BCUT2D eigenvalue weighted by Crippen LogP contribution is 2.38. The molecule has 4 rings (SSSR count). The van der Waals surface area contributed by atoms with Crippen LogP contribution in [0, 0.1) is 6.92 Å². The Hall–Kier alpha value is -3.15. The van der Waals surface area contributed by atoms with Crippen LogP contribution < -0.4 is 0 Å². The fourth-order valence-electron chi connectivity index (χ4n) is 4.08. The first kappa shape index (κ1) is 23.0. The van der Waals surface area contributed by atoms with Crippen LogP contribution in [0.1, 0.15) is 36.0 Å². The van der Waals surface area contributed by atoms with E-state index in [1.54, 1.807) is 18.3 Å². The number of benzene rings is 3. The molecule has 0 N–H and O–H groups in total. The number of rotatable bonds is 7. The summed E-state index contributed by atoms with van der Waals surface area (Å²) in [6.45, 7) is 4.26. The number of aryl methyl sites for hydroxylation is 1. The van der Waals surface area contributed by atoms with Gasteiger partial charge in [-0.1, -0.05) is 90.5 Å². The van der Waals surface area contributed by atoms with Crippen molar-refractivity contribution >= 4 is 16.1 Å². The van der Waals surface area contributed by atoms with Crippen molar-refractivity contribution in [1.29, 1.82) is 0 Å². The van der Waals surface area contributed by atoms with Crippen molar-refractivity contribution in [2.45, 2.75) is 37.3 Å². The molecule has 1 aliphatic heterocycles. The van der Waals surface area contributed by atoms with Gasteiger partial charge < -0.3 is 4.74 Å². The second-order valence-corrected chi connectivity index (χ2v) is 9.97. The molecular weight excluding hydrogens is 430 g/mol. The highest BCUT2D eigenvalue weighted by Gasteiger charge is 2.36. The highest BCUT2D eigenvalue weighted by molar-refractivity contribution is 7.89. The Balaban J connectivity index is 1.80. The van der Waals surface area contributed by atoms with Crippen LogP contribution in [0.2, 0.25) is 0 Å². The molecule has 33 heavy (non-hydrogen) atoms. The minimum Gasteiger partial charge on any atom is -0.358 e. The summed E-state index contributed by atoms with van der Waals surface area (Å²) in [6, 6.07) is 27.2. The third-order valence-corrected chi connectivity index (χ3v) is 7.59. The summed E-state index contributed by atoms with van der Waals surface area (Å²) in [5.41, 5.74) is 4.14. The predicted molar refractivity (Wildman–Crippen MR) is 133 cm³/mol. The van der Waals surface area contributed by atoms with Crippen molar-refractivity contribution in [3.05, 3.63) is 119 Å². The summed E-state index contributed by atoms with van der Waals surface area (Å²) in [4.78, 5) is 0.263. The molecule has 4 nitrogen and oxygen atoms in total. The molecule has 0 saturated carbocycles. The van der Waals surface area contributed by atoms with Gasteiger partial charge in [0.15, 0.2) is 0 Å². The summed E-state index contributed by atoms with van der Waals surface area (Å²) < 4.78 is 34.6. The van der Waals surface area contributed by atoms with Gasteiger partial charge in [0.05, 0.1) is 4.90 Å². The summed E-state index contributed by atoms with van der Waals surface area (Å²) >= 11 is 0. The number of ether oxygens (including phenoxy) is 1. The average molecular weight is 460 g/mol. The minimum absolute atomic E-state index is 0.0205. The zero-order valence-corrected chi connectivity index (χ0v) is 19.8. The van der Waals surface area contributed by atoms with Crippen LogP contribution in [-0.2, 0) is 14.8 Å². The lowest BCUT2D eigenvalue weighted by molar-refractivity contribution is -0.00886. The molecule has 0 bridgehead atoms. The van der Waals surface area contributed by atoms with Crippen molar-refractivity contribution < 1.29 is 13.2 Å². The van der Waals surface area contributed by atoms with Gasteiger partial charge in [-0.15, -0.1) is 0 Å². The molecule has 0 aliphatic carbocycles. The second-order valence-electron chi connectivity index (χ2n) is 8.13. The van der Waals surface area contributed by atoms with E-state index in [1.165, 1.54) is 4.31 Å². The van der Waals surface area contributed by atoms with Crippen LogP contribution in [-0.4, -0.2) is 25.6 Å². The number of nitrogens with zero attached hydrogens (tertiary/aromatic N) is 1. The van der Waals surface area contributed by atoms with E-state index in [0.717, 1.165) is 22.3 Å². The van der Waals surface area contributed by atoms with Crippen molar-refractivity contribution in [3.63, 3.8) is 0 Å². The van der Waals surface area contributed by atoms with E-state index in [1.807, 2.05) is 86.7 Å². The first-order valence-electron chi connectivity index (χ1n) is 11.2. The molecule has 0 aromatic heterocycles. The van der Waals surface area contributed by atoms with Gasteiger partial charge in [-0.2, -0.15) is 0 Å². The average Bonchev–Trinajstić information content (AvgIpc) is 2.84. The zero-order valence-electron chi connectivity index (χ0n) is 19.0. The Bertz CT molecular complexity index is 1220. The predicted octanol–water partition coefficient (Wildman–Crippen LogP) is 6.13. The summed E-state index contributed by atoms with van der Waals surface area (Å²) in [5, 5.41) is 0. The first-order chi connectivity index (χ1) is 16.0. The van der Waals surface area contributed by atoms with Gasteiger partial charge in [0, 0.05) is 25.1 Å². The standard InChI is InChI=1S/C28H29NO3S/c1-3-32-28-20-27(24-12-8-5-9-13-24)25(17-16-23-10-6-4-7-11-23)21-29(28)33(30,31)26-18-14-22(2)15-19-26/h4-19,21,27-28H,3,20H2,1-2H3/b17-16+/t27-,28-/m0/s1. The van der Waals surface area contributed by atoms with Gasteiger partial charge in [0.25, 0.3) is 10.0 Å². The highest BCUT2D eigenvalue weighted by atomic mass is 32.2. The van der Waals surface area contributed by atoms with Gasteiger partial charge in [-0.3, -0.25) is 0 Å². The lowest BCUT2D eigenvalue weighted by atomic mass is 9.85. The van der Waals surface area contributed by atoms with E-state index in [0.29, 0.717) is 13.0 Å².